The summed E-state index contributed by atoms with van der Waals surface area (Å²) >= 11 is 1.43. The second-order valence-electron chi connectivity index (χ2n) is 17.5. The van der Waals surface area contributed by atoms with Crippen molar-refractivity contribution in [3.05, 3.63) is 35.5 Å². The van der Waals surface area contributed by atoms with E-state index in [0.717, 1.165) is 9.75 Å². The number of thiophene rings is 1. The summed E-state index contributed by atoms with van der Waals surface area (Å²) in [6, 6.07) is 5.20. The van der Waals surface area contributed by atoms with Crippen molar-refractivity contribution < 1.29 is 53.1 Å². The quantitative estimate of drug-likeness (QED) is 0.299. The van der Waals surface area contributed by atoms with E-state index in [4.69, 9.17) is 33.5 Å². The van der Waals surface area contributed by atoms with Crippen molar-refractivity contribution in [2.45, 2.75) is 141 Å². The molecule has 14 atom stereocenters. The van der Waals surface area contributed by atoms with Crippen LogP contribution in [-0.4, -0.2) is 142 Å². The largest absolute Gasteiger partial charge is 0.459 e. The van der Waals surface area contributed by atoms with Crippen molar-refractivity contribution in [1.82, 2.24) is 14.9 Å². The number of Topliss-reactive ketones (excluding diaryl/α,β-unsaturated/α-hetero) is 1. The summed E-state index contributed by atoms with van der Waals surface area (Å²) in [5.74, 6) is -4.90. The van der Waals surface area contributed by atoms with Gasteiger partial charge in [0, 0.05) is 47.3 Å². The highest BCUT2D eigenvalue weighted by atomic mass is 32.1. The van der Waals surface area contributed by atoms with E-state index in [9.17, 15) is 24.6 Å². The van der Waals surface area contributed by atoms with E-state index in [-0.39, 0.29) is 50.3 Å². The third-order valence-electron chi connectivity index (χ3n) is 12.5. The lowest BCUT2D eigenvalue weighted by Crippen LogP contribution is -2.60. The maximum absolute atomic E-state index is 14.5. The van der Waals surface area contributed by atoms with E-state index < -0.39 is 89.3 Å². The number of aliphatic hydroxyl groups excluding tert-OH is 1. The number of nitrogens with zero attached hydrogens (tertiary/aromatic N) is 5. The highest BCUT2D eigenvalue weighted by Crippen LogP contribution is 2.40. The maximum atomic E-state index is 14.5. The molecule has 3 fully saturated rings. The molecule has 2 aromatic rings. The predicted molar refractivity (Wildman–Crippen MR) is 222 cm³/mol. The Morgan fingerprint density at radius 2 is 1.73 bits per heavy atom. The number of aliphatic imine (C=N–C) groups is 1. The molecule has 6 heterocycles. The lowest BCUT2D eigenvalue weighted by Gasteiger charge is -2.47. The first-order chi connectivity index (χ1) is 28.3. The van der Waals surface area contributed by atoms with Crippen LogP contribution < -0.4 is 0 Å². The first-order valence-corrected chi connectivity index (χ1v) is 21.7. The van der Waals surface area contributed by atoms with Crippen LogP contribution >= 0.6 is 11.3 Å². The standard InChI is InChI=1S/C43H61N5O11S/c1-11-32-43(8,53)37-24(4)33-22(2)19-42(7,36(25(5)34(49)26(6)40(52)57-32)58-41-35(50)29(48(9)10)17-23(3)56-41)55-21-27(20-54-37)47-59-30(39(51)46-33)18-28-13-14-31(60-28)38-44-15-12-16-45-38/h12-16,22-26,29-30,32,35-37,41,50,53H,11,17-21H2,1-10H3/b46-33?,47-27-/t22-,23-,24+,25+,26-,29+,30?,32-,35-,36-,37-,41+,42-,43-/m1/s1. The minimum absolute atomic E-state index is 0.144. The lowest BCUT2D eigenvalue weighted by atomic mass is 9.73. The van der Waals surface area contributed by atoms with Gasteiger partial charge in [-0.1, -0.05) is 32.9 Å². The van der Waals surface area contributed by atoms with E-state index >= 15 is 0 Å². The second-order valence-corrected chi connectivity index (χ2v) is 18.7. The van der Waals surface area contributed by atoms with Crippen molar-refractivity contribution in [3.63, 3.8) is 0 Å². The van der Waals surface area contributed by atoms with Gasteiger partial charge in [0.05, 0.1) is 42.0 Å². The fourth-order valence-corrected chi connectivity index (χ4v) is 10.1. The number of ether oxygens (including phenoxy) is 5. The molecule has 0 saturated carbocycles. The Morgan fingerprint density at radius 1 is 1.02 bits per heavy atom. The van der Waals surface area contributed by atoms with Crippen LogP contribution in [0.15, 0.2) is 40.7 Å². The number of likely N-dealkylation sites (N-methyl/N-ethyl adjacent to an activating group) is 1. The number of aromatic nitrogens is 2. The third-order valence-corrected chi connectivity index (χ3v) is 13.6. The number of hydrogen-bond donors (Lipinski definition) is 2. The van der Waals surface area contributed by atoms with Crippen molar-refractivity contribution in [3.8, 4) is 10.7 Å². The molecule has 60 heavy (non-hydrogen) atoms. The molecule has 0 radical (unpaired) electrons. The SMILES string of the molecule is CC[C@H]1OC(=O)[C@H](C)C(=O)[C@H](C)[C@@H](O[C@@H]2O[C@H](C)C[C@H](N(C)C)[C@H]2O)[C@@]2(C)C[C@@H](C)C3=NC(=O)C(Cc4ccc(-c5ncccn5)s4)O/N=C(/CO[C@H]([C@H]3C)[C@]1(C)O)CO2. The molecular formula is C43H61N5O11S. The number of esters is 1. The summed E-state index contributed by atoms with van der Waals surface area (Å²) in [5.41, 5.74) is -2.58. The van der Waals surface area contributed by atoms with Gasteiger partial charge in [-0.2, -0.15) is 0 Å². The molecule has 4 aliphatic heterocycles. The Labute approximate surface area is 356 Å². The molecule has 0 aromatic carbocycles. The molecule has 2 aromatic heterocycles. The van der Waals surface area contributed by atoms with Gasteiger partial charge >= 0.3 is 5.97 Å². The van der Waals surface area contributed by atoms with Crippen LogP contribution in [0.3, 0.4) is 0 Å². The average Bonchev–Trinajstić information content (AvgIpc) is 3.67. The minimum Gasteiger partial charge on any atom is -0.459 e. The summed E-state index contributed by atoms with van der Waals surface area (Å²) in [7, 11) is 3.74. The van der Waals surface area contributed by atoms with E-state index in [2.05, 4.69) is 15.1 Å². The van der Waals surface area contributed by atoms with E-state index in [1.165, 1.54) is 25.2 Å². The van der Waals surface area contributed by atoms with Crippen LogP contribution in [-0.2, 0) is 49.3 Å². The van der Waals surface area contributed by atoms with Crippen LogP contribution in [0, 0.1) is 23.7 Å². The van der Waals surface area contributed by atoms with Gasteiger partial charge in [-0.25, -0.2) is 15.0 Å². The molecule has 330 valence electrons. The highest BCUT2D eigenvalue weighted by Gasteiger charge is 2.53. The summed E-state index contributed by atoms with van der Waals surface area (Å²) in [6.45, 7) is 13.5. The Bertz CT molecular complexity index is 1910. The van der Waals surface area contributed by atoms with Crippen LogP contribution in [0.2, 0.25) is 0 Å². The zero-order valence-corrected chi connectivity index (χ0v) is 37.1. The molecule has 0 aliphatic carbocycles. The number of ketones is 1. The molecular weight excluding hydrogens is 795 g/mol. The number of hydrogen-bond acceptors (Lipinski definition) is 16. The summed E-state index contributed by atoms with van der Waals surface area (Å²) in [4.78, 5) is 66.0. The zero-order valence-electron chi connectivity index (χ0n) is 36.3. The lowest BCUT2D eigenvalue weighted by molar-refractivity contribution is -0.296. The normalized spacial score (nSPS) is 39.5. The fourth-order valence-electron chi connectivity index (χ4n) is 9.15. The van der Waals surface area contributed by atoms with Crippen LogP contribution in [0.4, 0.5) is 0 Å². The van der Waals surface area contributed by atoms with E-state index in [0.29, 0.717) is 18.0 Å². The van der Waals surface area contributed by atoms with E-state index in [1.54, 1.807) is 39.2 Å². The van der Waals surface area contributed by atoms with Gasteiger partial charge in [-0.05, 0) is 85.2 Å². The van der Waals surface area contributed by atoms with Crippen LogP contribution in [0.25, 0.3) is 10.7 Å². The molecule has 6 rings (SSSR count). The van der Waals surface area contributed by atoms with Gasteiger partial charge in [0.15, 0.2) is 17.9 Å². The molecule has 16 nitrogen and oxygen atoms in total. The number of aliphatic hydroxyl groups is 2. The molecule has 2 N–H and O–H groups in total. The molecule has 1 amide bonds. The van der Waals surface area contributed by atoms with Gasteiger partial charge in [0.1, 0.15) is 29.4 Å². The summed E-state index contributed by atoms with van der Waals surface area (Å²) < 4.78 is 32.5. The van der Waals surface area contributed by atoms with Crippen molar-refractivity contribution in [1.29, 1.82) is 0 Å². The number of amides is 1. The fraction of sp³-hybridized carbons (Fsp3) is 0.698. The van der Waals surface area contributed by atoms with Crippen molar-refractivity contribution >= 4 is 40.4 Å². The van der Waals surface area contributed by atoms with Crippen molar-refractivity contribution in [2.75, 3.05) is 27.3 Å². The predicted octanol–water partition coefficient (Wildman–Crippen LogP) is 4.05. The Balaban J connectivity index is 1.48. The molecule has 4 aliphatic rings. The Kier molecular flexibility index (Phi) is 14.4. The van der Waals surface area contributed by atoms with Gasteiger partial charge < -0.3 is 43.6 Å². The van der Waals surface area contributed by atoms with Gasteiger partial charge in [-0.3, -0.25) is 14.4 Å². The highest BCUT2D eigenvalue weighted by molar-refractivity contribution is 7.15. The van der Waals surface area contributed by atoms with Crippen LogP contribution in [0.5, 0.6) is 0 Å². The first-order valence-electron chi connectivity index (χ1n) is 20.9. The molecule has 3 saturated heterocycles. The smallest absolute Gasteiger partial charge is 0.316 e. The van der Waals surface area contributed by atoms with Crippen LogP contribution in [0.1, 0.15) is 79.5 Å². The molecule has 0 spiro atoms. The molecule has 1 unspecified atom stereocenters. The Morgan fingerprint density at radius 3 is 2.42 bits per heavy atom. The number of cyclic esters (lactones) is 1. The Hall–Kier alpha value is -3.55. The second kappa shape index (κ2) is 18.8. The van der Waals surface area contributed by atoms with Crippen molar-refractivity contribution in [2.24, 2.45) is 33.8 Å². The molecule has 17 heteroatoms. The zero-order chi connectivity index (χ0) is 43.7. The minimum atomic E-state index is -1.84. The van der Waals surface area contributed by atoms with Gasteiger partial charge in [0.25, 0.3) is 5.91 Å². The third kappa shape index (κ3) is 9.73. The maximum Gasteiger partial charge on any atom is 0.316 e. The number of rotatable bonds is 7. The summed E-state index contributed by atoms with van der Waals surface area (Å²) in [5, 5.41) is 28.6. The monoisotopic (exact) mass is 855 g/mol. The number of carbonyl (C=O) groups is 3. The van der Waals surface area contributed by atoms with Gasteiger partial charge in [-0.15, -0.1) is 11.3 Å². The molecule has 4 bridgehead atoms. The number of fused-ring (bicyclic) bond motifs is 4. The topological polar surface area (TPSA) is 201 Å². The average molecular weight is 856 g/mol. The van der Waals surface area contributed by atoms with Gasteiger partial charge in [0.2, 0.25) is 6.10 Å². The number of carbonyl (C=O) groups excluding carboxylic acids is 3. The van der Waals surface area contributed by atoms with E-state index in [1.807, 2.05) is 51.9 Å². The summed E-state index contributed by atoms with van der Waals surface area (Å²) in [6.07, 6.45) is -2.67. The number of oxime groups is 1. The first kappa shape index (κ1) is 46.0.